The smallest absolute Gasteiger partial charge is 0.270 e. The van der Waals surface area contributed by atoms with Crippen LogP contribution in [-0.2, 0) is 13.1 Å². The summed E-state index contributed by atoms with van der Waals surface area (Å²) in [7, 11) is 1.58. The molecule has 0 unspecified atom stereocenters. The van der Waals surface area contributed by atoms with Crippen molar-refractivity contribution in [1.82, 2.24) is 15.6 Å². The average Bonchev–Trinajstić information content (AvgIpc) is 3.24. The van der Waals surface area contributed by atoms with Gasteiger partial charge in [0.1, 0.15) is 17.2 Å². The topological polar surface area (TPSA) is 93.5 Å². The number of ether oxygens (including phenoxy) is 1. The van der Waals surface area contributed by atoms with Gasteiger partial charge in [0.05, 0.1) is 19.9 Å². The summed E-state index contributed by atoms with van der Waals surface area (Å²) >= 11 is 0. The van der Waals surface area contributed by atoms with E-state index >= 15 is 0 Å². The zero-order valence-electron chi connectivity index (χ0n) is 14.8. The van der Waals surface area contributed by atoms with E-state index in [1.807, 2.05) is 24.3 Å². The van der Waals surface area contributed by atoms with Crippen molar-refractivity contribution in [2.45, 2.75) is 13.1 Å². The van der Waals surface area contributed by atoms with Gasteiger partial charge in [-0.05, 0) is 30.3 Å². The van der Waals surface area contributed by atoms with E-state index in [0.29, 0.717) is 23.6 Å². The first-order valence-electron chi connectivity index (χ1n) is 8.34. The lowest BCUT2D eigenvalue weighted by Crippen LogP contribution is -2.26. The maximum absolute atomic E-state index is 12.4. The van der Waals surface area contributed by atoms with Crippen molar-refractivity contribution in [1.29, 1.82) is 0 Å². The van der Waals surface area contributed by atoms with Gasteiger partial charge in [-0.1, -0.05) is 18.2 Å². The number of hydrogen-bond donors (Lipinski definition) is 2. The van der Waals surface area contributed by atoms with E-state index in [4.69, 9.17) is 9.15 Å². The highest BCUT2D eigenvalue weighted by atomic mass is 16.5. The molecule has 0 bridgehead atoms. The number of hydrogen-bond acceptors (Lipinski definition) is 5. The number of methoxy groups -OCH3 is 1. The van der Waals surface area contributed by atoms with Crippen LogP contribution >= 0.6 is 0 Å². The lowest BCUT2D eigenvalue weighted by atomic mass is 10.2. The first kappa shape index (κ1) is 18.2. The SMILES string of the molecule is COc1ccccc1CNC(=O)c1cc(C(=O)NCc2ccco2)ccn1. The summed E-state index contributed by atoms with van der Waals surface area (Å²) in [6.45, 7) is 0.558. The van der Waals surface area contributed by atoms with E-state index in [0.717, 1.165) is 5.56 Å². The van der Waals surface area contributed by atoms with Gasteiger partial charge >= 0.3 is 0 Å². The zero-order valence-corrected chi connectivity index (χ0v) is 14.8. The number of para-hydroxylation sites is 1. The number of furan rings is 1. The molecule has 2 aromatic heterocycles. The van der Waals surface area contributed by atoms with Gasteiger partial charge in [0.2, 0.25) is 0 Å². The Morgan fingerprint density at radius 1 is 1.04 bits per heavy atom. The summed E-state index contributed by atoms with van der Waals surface area (Å²) in [5, 5.41) is 5.51. The van der Waals surface area contributed by atoms with Crippen molar-refractivity contribution in [3.63, 3.8) is 0 Å². The molecule has 2 amide bonds. The van der Waals surface area contributed by atoms with E-state index < -0.39 is 0 Å². The number of rotatable bonds is 7. The summed E-state index contributed by atoms with van der Waals surface area (Å²) in [4.78, 5) is 28.7. The Kier molecular flexibility index (Phi) is 5.84. The highest BCUT2D eigenvalue weighted by molar-refractivity contribution is 5.98. The van der Waals surface area contributed by atoms with Gasteiger partial charge in [-0.2, -0.15) is 0 Å². The van der Waals surface area contributed by atoms with E-state index in [1.165, 1.54) is 18.5 Å². The van der Waals surface area contributed by atoms with Crippen molar-refractivity contribution in [3.05, 3.63) is 83.6 Å². The van der Waals surface area contributed by atoms with Crippen LogP contribution in [0.1, 0.15) is 32.2 Å². The first-order valence-corrected chi connectivity index (χ1v) is 8.34. The van der Waals surface area contributed by atoms with E-state index in [9.17, 15) is 9.59 Å². The third-order valence-electron chi connectivity index (χ3n) is 3.89. The van der Waals surface area contributed by atoms with Crippen molar-refractivity contribution in [2.75, 3.05) is 7.11 Å². The van der Waals surface area contributed by atoms with Crippen molar-refractivity contribution >= 4 is 11.8 Å². The summed E-state index contributed by atoms with van der Waals surface area (Å²) in [5.74, 6) is 0.651. The highest BCUT2D eigenvalue weighted by Gasteiger charge is 2.13. The van der Waals surface area contributed by atoms with Crippen LogP contribution in [0.25, 0.3) is 0 Å². The monoisotopic (exact) mass is 365 g/mol. The molecule has 7 nitrogen and oxygen atoms in total. The molecule has 0 radical (unpaired) electrons. The van der Waals surface area contributed by atoms with Crippen LogP contribution in [-0.4, -0.2) is 23.9 Å². The quantitative estimate of drug-likeness (QED) is 0.671. The maximum Gasteiger partial charge on any atom is 0.270 e. The Balaban J connectivity index is 1.62. The lowest BCUT2D eigenvalue weighted by Gasteiger charge is -2.10. The molecule has 27 heavy (non-hydrogen) atoms. The second-order valence-corrected chi connectivity index (χ2v) is 5.69. The van der Waals surface area contributed by atoms with Crippen LogP contribution in [0.5, 0.6) is 5.75 Å². The predicted octanol–water partition coefficient (Wildman–Crippen LogP) is 2.54. The highest BCUT2D eigenvalue weighted by Crippen LogP contribution is 2.16. The molecule has 0 aliphatic heterocycles. The molecule has 2 heterocycles. The normalized spacial score (nSPS) is 10.3. The minimum absolute atomic E-state index is 0.163. The summed E-state index contributed by atoms with van der Waals surface area (Å²) in [6, 6.07) is 13.9. The molecule has 1 aromatic carbocycles. The number of nitrogens with zero attached hydrogens (tertiary/aromatic N) is 1. The van der Waals surface area contributed by atoms with Crippen LogP contribution < -0.4 is 15.4 Å². The molecule has 0 spiro atoms. The fourth-order valence-corrected chi connectivity index (χ4v) is 2.49. The van der Waals surface area contributed by atoms with Gasteiger partial charge in [-0.25, -0.2) is 0 Å². The average molecular weight is 365 g/mol. The number of carbonyl (C=O) groups excluding carboxylic acids is 2. The molecule has 0 aliphatic rings. The summed E-state index contributed by atoms with van der Waals surface area (Å²) in [6.07, 6.45) is 2.97. The van der Waals surface area contributed by atoms with E-state index in [-0.39, 0.29) is 24.1 Å². The van der Waals surface area contributed by atoms with Crippen molar-refractivity contribution < 1.29 is 18.7 Å². The molecule has 3 rings (SSSR count). The third-order valence-corrected chi connectivity index (χ3v) is 3.89. The summed E-state index contributed by atoms with van der Waals surface area (Å²) < 4.78 is 10.4. The molecule has 0 atom stereocenters. The molecular weight excluding hydrogens is 346 g/mol. The Hall–Kier alpha value is -3.61. The Bertz CT molecular complexity index is 922. The van der Waals surface area contributed by atoms with E-state index in [2.05, 4.69) is 15.6 Å². The number of nitrogens with one attached hydrogen (secondary N) is 2. The van der Waals surface area contributed by atoms with Crippen LogP contribution in [0.3, 0.4) is 0 Å². The fourth-order valence-electron chi connectivity index (χ4n) is 2.49. The fraction of sp³-hybridized carbons (Fsp3) is 0.150. The number of amides is 2. The Morgan fingerprint density at radius 3 is 2.63 bits per heavy atom. The Morgan fingerprint density at radius 2 is 1.85 bits per heavy atom. The van der Waals surface area contributed by atoms with Gasteiger partial charge in [0.15, 0.2) is 0 Å². The largest absolute Gasteiger partial charge is 0.496 e. The molecule has 2 N–H and O–H groups in total. The van der Waals surface area contributed by atoms with Crippen LogP contribution in [0.15, 0.2) is 65.4 Å². The molecule has 138 valence electrons. The molecule has 0 aliphatic carbocycles. The number of benzene rings is 1. The second kappa shape index (κ2) is 8.66. The lowest BCUT2D eigenvalue weighted by molar-refractivity contribution is 0.0945. The Labute approximate surface area is 156 Å². The second-order valence-electron chi connectivity index (χ2n) is 5.69. The van der Waals surface area contributed by atoms with E-state index in [1.54, 1.807) is 25.3 Å². The first-order chi connectivity index (χ1) is 13.2. The standard InChI is InChI=1S/C20H19N3O4/c1-26-18-7-3-2-5-15(18)12-22-20(25)17-11-14(8-9-21-17)19(24)23-13-16-6-4-10-27-16/h2-11H,12-13H2,1H3,(H,22,25)(H,23,24). The van der Waals surface area contributed by atoms with Gasteiger partial charge < -0.3 is 19.8 Å². The molecule has 3 aromatic rings. The summed E-state index contributed by atoms with van der Waals surface area (Å²) in [5.41, 5.74) is 1.36. The van der Waals surface area contributed by atoms with Gasteiger partial charge in [-0.15, -0.1) is 0 Å². The van der Waals surface area contributed by atoms with Crippen LogP contribution in [0.4, 0.5) is 0 Å². The minimum Gasteiger partial charge on any atom is -0.496 e. The maximum atomic E-state index is 12.4. The molecule has 0 fully saturated rings. The number of pyridine rings is 1. The van der Waals surface area contributed by atoms with Crippen molar-refractivity contribution in [2.24, 2.45) is 0 Å². The third kappa shape index (κ3) is 4.72. The van der Waals surface area contributed by atoms with Crippen LogP contribution in [0.2, 0.25) is 0 Å². The zero-order chi connectivity index (χ0) is 19.1. The van der Waals surface area contributed by atoms with Crippen LogP contribution in [0, 0.1) is 0 Å². The number of carbonyl (C=O) groups is 2. The number of aromatic nitrogens is 1. The minimum atomic E-state index is -0.374. The van der Waals surface area contributed by atoms with Gasteiger partial charge in [-0.3, -0.25) is 14.6 Å². The van der Waals surface area contributed by atoms with Gasteiger partial charge in [0.25, 0.3) is 11.8 Å². The predicted molar refractivity (Wildman–Crippen MR) is 98.3 cm³/mol. The van der Waals surface area contributed by atoms with Crippen molar-refractivity contribution in [3.8, 4) is 5.75 Å². The molecule has 0 saturated carbocycles. The molecule has 0 saturated heterocycles. The van der Waals surface area contributed by atoms with Gasteiger partial charge in [0, 0.05) is 23.9 Å². The molecule has 7 heteroatoms. The molecular formula is C20H19N3O4.